The van der Waals surface area contributed by atoms with Gasteiger partial charge in [0.2, 0.25) is 5.91 Å². The lowest BCUT2D eigenvalue weighted by atomic mass is 9.97. The minimum absolute atomic E-state index is 0.0308. The topological polar surface area (TPSA) is 84.7 Å². The second-order valence-electron chi connectivity index (χ2n) is 5.19. The zero-order valence-electron chi connectivity index (χ0n) is 12.2. The quantitative estimate of drug-likeness (QED) is 0.871. The Morgan fingerprint density at radius 2 is 2.10 bits per heavy atom. The van der Waals surface area contributed by atoms with Gasteiger partial charge in [0.15, 0.2) is 0 Å². The van der Waals surface area contributed by atoms with E-state index >= 15 is 0 Å². The number of piperidine rings is 1. The standard InChI is InChI=1S/C15H21N3O3/c1-21-13-6-4-11(5-7-13)9-17-14(19)12-3-2-8-18(10-12)15(16)20/h4-7,12H,2-3,8-10H2,1H3,(H2,16,20)(H,17,19)/t12-/m1/s1. The van der Waals surface area contributed by atoms with E-state index in [0.29, 0.717) is 19.6 Å². The Morgan fingerprint density at radius 1 is 1.38 bits per heavy atom. The summed E-state index contributed by atoms with van der Waals surface area (Å²) in [6.07, 6.45) is 1.60. The number of ether oxygens (including phenoxy) is 1. The maximum absolute atomic E-state index is 12.1. The van der Waals surface area contributed by atoms with Gasteiger partial charge in [-0.15, -0.1) is 0 Å². The largest absolute Gasteiger partial charge is 0.497 e. The highest BCUT2D eigenvalue weighted by Gasteiger charge is 2.27. The number of nitrogens with two attached hydrogens (primary N) is 1. The molecule has 114 valence electrons. The Hall–Kier alpha value is -2.24. The summed E-state index contributed by atoms with van der Waals surface area (Å²) < 4.78 is 5.09. The molecule has 0 aromatic heterocycles. The summed E-state index contributed by atoms with van der Waals surface area (Å²) in [6.45, 7) is 1.51. The minimum atomic E-state index is -0.456. The molecule has 0 saturated carbocycles. The number of primary amides is 1. The van der Waals surface area contributed by atoms with E-state index < -0.39 is 6.03 Å². The summed E-state index contributed by atoms with van der Waals surface area (Å²) in [5.41, 5.74) is 6.27. The van der Waals surface area contributed by atoms with E-state index in [-0.39, 0.29) is 11.8 Å². The second-order valence-corrected chi connectivity index (χ2v) is 5.19. The van der Waals surface area contributed by atoms with Gasteiger partial charge in [-0.05, 0) is 30.5 Å². The molecular weight excluding hydrogens is 270 g/mol. The van der Waals surface area contributed by atoms with Crippen molar-refractivity contribution in [2.75, 3.05) is 20.2 Å². The third-order valence-electron chi connectivity index (χ3n) is 3.73. The van der Waals surface area contributed by atoms with Crippen LogP contribution in [-0.4, -0.2) is 37.0 Å². The predicted molar refractivity (Wildman–Crippen MR) is 78.7 cm³/mol. The highest BCUT2D eigenvalue weighted by Crippen LogP contribution is 2.17. The van der Waals surface area contributed by atoms with Crippen molar-refractivity contribution in [2.45, 2.75) is 19.4 Å². The molecule has 1 fully saturated rings. The Morgan fingerprint density at radius 3 is 2.71 bits per heavy atom. The van der Waals surface area contributed by atoms with Crippen LogP contribution < -0.4 is 15.8 Å². The number of nitrogens with one attached hydrogen (secondary N) is 1. The van der Waals surface area contributed by atoms with Crippen molar-refractivity contribution in [3.8, 4) is 5.75 Å². The molecule has 1 heterocycles. The van der Waals surface area contributed by atoms with Gasteiger partial charge in [-0.1, -0.05) is 12.1 Å². The maximum Gasteiger partial charge on any atom is 0.314 e. The first-order chi connectivity index (χ1) is 10.1. The number of benzene rings is 1. The lowest BCUT2D eigenvalue weighted by Gasteiger charge is -2.30. The van der Waals surface area contributed by atoms with Gasteiger partial charge in [0, 0.05) is 19.6 Å². The van der Waals surface area contributed by atoms with E-state index in [1.807, 2.05) is 24.3 Å². The van der Waals surface area contributed by atoms with E-state index in [9.17, 15) is 9.59 Å². The van der Waals surface area contributed by atoms with Crippen molar-refractivity contribution >= 4 is 11.9 Å². The molecule has 3 amide bonds. The number of nitrogens with zero attached hydrogens (tertiary/aromatic N) is 1. The molecule has 1 aliphatic heterocycles. The van der Waals surface area contributed by atoms with Gasteiger partial charge >= 0.3 is 6.03 Å². The summed E-state index contributed by atoms with van der Waals surface area (Å²) >= 11 is 0. The van der Waals surface area contributed by atoms with E-state index in [1.54, 1.807) is 7.11 Å². The molecule has 0 unspecified atom stereocenters. The first-order valence-corrected chi connectivity index (χ1v) is 7.05. The molecule has 6 heteroatoms. The van der Waals surface area contributed by atoms with Crippen molar-refractivity contribution in [2.24, 2.45) is 11.7 Å². The van der Waals surface area contributed by atoms with Crippen LogP contribution in [0.2, 0.25) is 0 Å². The monoisotopic (exact) mass is 291 g/mol. The first-order valence-electron chi connectivity index (χ1n) is 7.05. The number of likely N-dealkylation sites (tertiary alicyclic amines) is 1. The molecule has 1 atom stereocenters. The van der Waals surface area contributed by atoms with Crippen LogP contribution in [0.15, 0.2) is 24.3 Å². The molecule has 3 N–H and O–H groups in total. The fourth-order valence-corrected chi connectivity index (χ4v) is 2.47. The van der Waals surface area contributed by atoms with Crippen molar-refractivity contribution in [3.05, 3.63) is 29.8 Å². The van der Waals surface area contributed by atoms with Crippen LogP contribution in [0.3, 0.4) is 0 Å². The van der Waals surface area contributed by atoms with Gasteiger partial charge in [-0.3, -0.25) is 4.79 Å². The van der Waals surface area contributed by atoms with Crippen LogP contribution in [0.25, 0.3) is 0 Å². The number of amides is 3. The van der Waals surface area contributed by atoms with Crippen molar-refractivity contribution in [3.63, 3.8) is 0 Å². The molecular formula is C15H21N3O3. The Balaban J connectivity index is 1.84. The number of hydrogen-bond donors (Lipinski definition) is 2. The molecule has 0 radical (unpaired) electrons. The summed E-state index contributed by atoms with van der Waals surface area (Å²) in [4.78, 5) is 24.8. The molecule has 6 nitrogen and oxygen atoms in total. The number of methoxy groups -OCH3 is 1. The Kier molecular flexibility index (Phi) is 5.03. The molecule has 0 spiro atoms. The van der Waals surface area contributed by atoms with Crippen molar-refractivity contribution in [1.82, 2.24) is 10.2 Å². The normalized spacial score (nSPS) is 18.1. The highest BCUT2D eigenvalue weighted by molar-refractivity contribution is 5.80. The fourth-order valence-electron chi connectivity index (χ4n) is 2.47. The number of carbonyl (C=O) groups excluding carboxylic acids is 2. The molecule has 1 aromatic rings. The van der Waals surface area contributed by atoms with Gasteiger partial charge in [-0.25, -0.2) is 4.79 Å². The van der Waals surface area contributed by atoms with E-state index in [0.717, 1.165) is 24.2 Å². The molecule has 1 saturated heterocycles. The van der Waals surface area contributed by atoms with Gasteiger partial charge in [0.25, 0.3) is 0 Å². The van der Waals surface area contributed by atoms with Gasteiger partial charge < -0.3 is 20.7 Å². The van der Waals surface area contributed by atoms with Gasteiger partial charge in [0.05, 0.1) is 13.0 Å². The Labute approximate surface area is 124 Å². The third kappa shape index (κ3) is 4.11. The van der Waals surface area contributed by atoms with Crippen molar-refractivity contribution < 1.29 is 14.3 Å². The van der Waals surface area contributed by atoms with Gasteiger partial charge in [-0.2, -0.15) is 0 Å². The number of carbonyl (C=O) groups is 2. The highest BCUT2D eigenvalue weighted by atomic mass is 16.5. The first kappa shape index (κ1) is 15.2. The van der Waals surface area contributed by atoms with Crippen LogP contribution in [0.4, 0.5) is 4.79 Å². The van der Waals surface area contributed by atoms with Crippen molar-refractivity contribution in [1.29, 1.82) is 0 Å². The molecule has 1 aliphatic rings. The lowest BCUT2D eigenvalue weighted by Crippen LogP contribution is -2.47. The van der Waals surface area contributed by atoms with E-state index in [1.165, 1.54) is 4.90 Å². The summed E-state index contributed by atoms with van der Waals surface area (Å²) in [7, 11) is 1.62. The average Bonchev–Trinajstić information content (AvgIpc) is 2.53. The number of urea groups is 1. The van der Waals surface area contributed by atoms with E-state index in [4.69, 9.17) is 10.5 Å². The second kappa shape index (κ2) is 6.97. The zero-order valence-corrected chi connectivity index (χ0v) is 12.2. The summed E-state index contributed by atoms with van der Waals surface area (Å²) in [5.74, 6) is 0.579. The number of rotatable bonds is 4. The lowest BCUT2D eigenvalue weighted by molar-refractivity contribution is -0.126. The molecule has 2 rings (SSSR count). The molecule has 1 aromatic carbocycles. The smallest absolute Gasteiger partial charge is 0.314 e. The van der Waals surface area contributed by atoms with Crippen LogP contribution in [0, 0.1) is 5.92 Å². The van der Waals surface area contributed by atoms with E-state index in [2.05, 4.69) is 5.32 Å². The third-order valence-corrected chi connectivity index (χ3v) is 3.73. The zero-order chi connectivity index (χ0) is 15.2. The van der Waals surface area contributed by atoms with Crippen LogP contribution in [0.1, 0.15) is 18.4 Å². The van der Waals surface area contributed by atoms with Gasteiger partial charge in [0.1, 0.15) is 5.75 Å². The van der Waals surface area contributed by atoms with Crippen LogP contribution in [0.5, 0.6) is 5.75 Å². The maximum atomic E-state index is 12.1. The van der Waals surface area contributed by atoms with Crippen LogP contribution >= 0.6 is 0 Å². The number of hydrogen-bond acceptors (Lipinski definition) is 3. The molecule has 0 bridgehead atoms. The Bertz CT molecular complexity index is 501. The minimum Gasteiger partial charge on any atom is -0.497 e. The SMILES string of the molecule is COc1ccc(CNC(=O)[C@@H]2CCCN(C(N)=O)C2)cc1. The van der Waals surface area contributed by atoms with Crippen LogP contribution in [-0.2, 0) is 11.3 Å². The molecule has 21 heavy (non-hydrogen) atoms. The predicted octanol–water partition coefficient (Wildman–Crippen LogP) is 1.10. The summed E-state index contributed by atoms with van der Waals surface area (Å²) in [6, 6.07) is 7.09. The molecule has 0 aliphatic carbocycles. The summed E-state index contributed by atoms with van der Waals surface area (Å²) in [5, 5.41) is 2.91. The fraction of sp³-hybridized carbons (Fsp3) is 0.467. The average molecular weight is 291 g/mol.